The van der Waals surface area contributed by atoms with E-state index in [1.54, 1.807) is 28.6 Å². The van der Waals surface area contributed by atoms with Crippen LogP contribution in [0.1, 0.15) is 19.3 Å². The van der Waals surface area contributed by atoms with Gasteiger partial charge in [0.05, 0.1) is 11.4 Å². The first-order valence-electron chi connectivity index (χ1n) is 10.2. The molecule has 30 heavy (non-hydrogen) atoms. The van der Waals surface area contributed by atoms with E-state index in [-0.39, 0.29) is 17.3 Å². The number of hydrogen-bond donors (Lipinski definition) is 2. The van der Waals surface area contributed by atoms with Crippen molar-refractivity contribution in [1.82, 2.24) is 4.31 Å². The van der Waals surface area contributed by atoms with Gasteiger partial charge in [-0.05, 0) is 60.0 Å². The zero-order chi connectivity index (χ0) is 21.0. The number of fused-ring (bicyclic) bond motifs is 1. The highest BCUT2D eigenvalue weighted by Crippen LogP contribution is 2.22. The third kappa shape index (κ3) is 4.63. The highest BCUT2D eigenvalue weighted by molar-refractivity contribution is 7.89. The van der Waals surface area contributed by atoms with Crippen LogP contribution in [-0.4, -0.2) is 38.3 Å². The predicted octanol–water partition coefficient (Wildman–Crippen LogP) is 4.07. The SMILES string of the molecule is O=C(CNc1ccc(S(=O)(=O)N2CCCCC2)cc1)Nc1ccc2ccccc2c1. The molecule has 0 radical (unpaired) electrons. The fourth-order valence-electron chi connectivity index (χ4n) is 3.65. The summed E-state index contributed by atoms with van der Waals surface area (Å²) in [4.78, 5) is 12.6. The lowest BCUT2D eigenvalue weighted by Gasteiger charge is -2.25. The lowest BCUT2D eigenvalue weighted by Crippen LogP contribution is -2.35. The Hall–Kier alpha value is -2.90. The number of benzene rings is 3. The minimum absolute atomic E-state index is 0.0883. The van der Waals surface area contributed by atoms with Gasteiger partial charge < -0.3 is 10.6 Å². The topological polar surface area (TPSA) is 78.5 Å². The van der Waals surface area contributed by atoms with Crippen LogP contribution in [0.4, 0.5) is 11.4 Å². The summed E-state index contributed by atoms with van der Waals surface area (Å²) in [6, 6.07) is 20.3. The first-order valence-corrected chi connectivity index (χ1v) is 11.6. The molecule has 1 aliphatic heterocycles. The number of carbonyl (C=O) groups is 1. The van der Waals surface area contributed by atoms with Crippen LogP contribution in [-0.2, 0) is 14.8 Å². The molecule has 1 fully saturated rings. The molecule has 0 spiro atoms. The monoisotopic (exact) mass is 423 g/mol. The minimum atomic E-state index is -3.44. The van der Waals surface area contributed by atoms with Gasteiger partial charge in [-0.2, -0.15) is 4.31 Å². The molecule has 6 nitrogen and oxygen atoms in total. The Morgan fingerprint density at radius 2 is 1.50 bits per heavy atom. The van der Waals surface area contributed by atoms with Crippen molar-refractivity contribution in [3.8, 4) is 0 Å². The Morgan fingerprint density at radius 3 is 2.23 bits per heavy atom. The van der Waals surface area contributed by atoms with Crippen LogP contribution in [0.25, 0.3) is 10.8 Å². The Kier molecular flexibility index (Phi) is 6.01. The van der Waals surface area contributed by atoms with Crippen molar-refractivity contribution < 1.29 is 13.2 Å². The third-order valence-corrected chi connectivity index (χ3v) is 7.21. The zero-order valence-corrected chi connectivity index (χ0v) is 17.5. The molecule has 2 N–H and O–H groups in total. The second kappa shape index (κ2) is 8.85. The molecule has 156 valence electrons. The van der Waals surface area contributed by atoms with E-state index >= 15 is 0 Å². The van der Waals surface area contributed by atoms with Crippen LogP contribution in [0.3, 0.4) is 0 Å². The normalized spacial score (nSPS) is 15.1. The van der Waals surface area contributed by atoms with E-state index in [4.69, 9.17) is 0 Å². The van der Waals surface area contributed by atoms with Gasteiger partial charge >= 0.3 is 0 Å². The summed E-state index contributed by atoms with van der Waals surface area (Å²) < 4.78 is 27.0. The van der Waals surface area contributed by atoms with Gasteiger partial charge in [0, 0.05) is 24.5 Å². The fraction of sp³-hybridized carbons (Fsp3) is 0.261. The number of carbonyl (C=O) groups excluding carboxylic acids is 1. The average molecular weight is 424 g/mol. The van der Waals surface area contributed by atoms with Crippen LogP contribution >= 0.6 is 0 Å². The molecule has 0 aliphatic carbocycles. The van der Waals surface area contributed by atoms with Gasteiger partial charge in [0.15, 0.2) is 0 Å². The molecule has 1 heterocycles. The first-order chi connectivity index (χ1) is 14.5. The van der Waals surface area contributed by atoms with Crippen molar-refractivity contribution in [2.75, 3.05) is 30.3 Å². The van der Waals surface area contributed by atoms with Crippen LogP contribution in [0.15, 0.2) is 71.6 Å². The molecule has 1 amide bonds. The molecule has 3 aromatic rings. The molecule has 4 rings (SSSR count). The lowest BCUT2D eigenvalue weighted by molar-refractivity contribution is -0.114. The Labute approximate surface area is 177 Å². The predicted molar refractivity (Wildman–Crippen MR) is 120 cm³/mol. The molecule has 7 heteroatoms. The van der Waals surface area contributed by atoms with E-state index in [2.05, 4.69) is 10.6 Å². The van der Waals surface area contributed by atoms with Crippen molar-refractivity contribution in [3.05, 3.63) is 66.7 Å². The summed E-state index contributed by atoms with van der Waals surface area (Å²) in [5.41, 5.74) is 1.43. The third-order valence-electron chi connectivity index (χ3n) is 5.29. The summed E-state index contributed by atoms with van der Waals surface area (Å²) >= 11 is 0. The number of anilines is 2. The van der Waals surface area contributed by atoms with Gasteiger partial charge in [-0.25, -0.2) is 8.42 Å². The van der Waals surface area contributed by atoms with Crippen molar-refractivity contribution in [2.24, 2.45) is 0 Å². The maximum Gasteiger partial charge on any atom is 0.243 e. The summed E-state index contributed by atoms with van der Waals surface area (Å²) in [7, 11) is -3.44. The molecule has 0 saturated carbocycles. The van der Waals surface area contributed by atoms with Crippen LogP contribution in [0.5, 0.6) is 0 Å². The molecular weight excluding hydrogens is 398 g/mol. The molecule has 0 bridgehead atoms. The number of sulfonamides is 1. The maximum atomic E-state index is 12.7. The molecule has 1 saturated heterocycles. The fourth-order valence-corrected chi connectivity index (χ4v) is 5.17. The molecule has 1 aliphatic rings. The maximum absolute atomic E-state index is 12.7. The number of rotatable bonds is 6. The zero-order valence-electron chi connectivity index (χ0n) is 16.7. The first kappa shape index (κ1) is 20.4. The Morgan fingerprint density at radius 1 is 0.833 bits per heavy atom. The number of nitrogens with zero attached hydrogens (tertiary/aromatic N) is 1. The highest BCUT2D eigenvalue weighted by Gasteiger charge is 2.25. The van der Waals surface area contributed by atoms with Gasteiger partial charge in [-0.1, -0.05) is 36.8 Å². The Balaban J connectivity index is 1.34. The number of amides is 1. The summed E-state index contributed by atoms with van der Waals surface area (Å²) in [6.45, 7) is 1.25. The summed E-state index contributed by atoms with van der Waals surface area (Å²) in [5, 5.41) is 8.10. The Bertz CT molecular complexity index is 1140. The second-order valence-corrected chi connectivity index (χ2v) is 9.39. The van der Waals surface area contributed by atoms with E-state index in [1.165, 1.54) is 0 Å². The van der Waals surface area contributed by atoms with Crippen molar-refractivity contribution in [2.45, 2.75) is 24.2 Å². The highest BCUT2D eigenvalue weighted by atomic mass is 32.2. The standard InChI is InChI=1S/C23H25N3O3S/c27-23(25-21-9-8-18-6-2-3-7-19(18)16-21)17-24-20-10-12-22(13-11-20)30(28,29)26-14-4-1-5-15-26/h2-3,6-13,16,24H,1,4-5,14-15,17H2,(H,25,27). The average Bonchev–Trinajstić information content (AvgIpc) is 2.78. The van der Waals surface area contributed by atoms with Gasteiger partial charge in [-0.3, -0.25) is 4.79 Å². The van der Waals surface area contributed by atoms with E-state index in [0.717, 1.165) is 35.7 Å². The van der Waals surface area contributed by atoms with Crippen molar-refractivity contribution in [3.63, 3.8) is 0 Å². The largest absolute Gasteiger partial charge is 0.376 e. The number of piperidine rings is 1. The smallest absolute Gasteiger partial charge is 0.243 e. The minimum Gasteiger partial charge on any atom is -0.376 e. The van der Waals surface area contributed by atoms with E-state index in [0.29, 0.717) is 18.8 Å². The van der Waals surface area contributed by atoms with Gasteiger partial charge in [0.1, 0.15) is 0 Å². The molecule has 0 unspecified atom stereocenters. The lowest BCUT2D eigenvalue weighted by atomic mass is 10.1. The molecule has 0 atom stereocenters. The van der Waals surface area contributed by atoms with Crippen LogP contribution < -0.4 is 10.6 Å². The van der Waals surface area contributed by atoms with Crippen molar-refractivity contribution >= 4 is 38.1 Å². The van der Waals surface area contributed by atoms with Crippen LogP contribution in [0.2, 0.25) is 0 Å². The number of hydrogen-bond acceptors (Lipinski definition) is 4. The molecule has 3 aromatic carbocycles. The quantitative estimate of drug-likeness (QED) is 0.627. The second-order valence-electron chi connectivity index (χ2n) is 7.45. The van der Waals surface area contributed by atoms with Gasteiger partial charge in [-0.15, -0.1) is 0 Å². The molecular formula is C23H25N3O3S. The summed E-state index contributed by atoms with van der Waals surface area (Å²) in [6.07, 6.45) is 2.90. The van der Waals surface area contributed by atoms with E-state index in [1.807, 2.05) is 42.5 Å². The number of nitrogens with one attached hydrogen (secondary N) is 2. The summed E-state index contributed by atoms with van der Waals surface area (Å²) in [5.74, 6) is -0.171. The van der Waals surface area contributed by atoms with Crippen LogP contribution in [0, 0.1) is 0 Å². The van der Waals surface area contributed by atoms with Gasteiger partial charge in [0.25, 0.3) is 0 Å². The molecule has 0 aromatic heterocycles. The van der Waals surface area contributed by atoms with E-state index in [9.17, 15) is 13.2 Å². The van der Waals surface area contributed by atoms with E-state index < -0.39 is 10.0 Å². The van der Waals surface area contributed by atoms with Gasteiger partial charge in [0.2, 0.25) is 15.9 Å². The van der Waals surface area contributed by atoms with Crippen molar-refractivity contribution in [1.29, 1.82) is 0 Å².